The van der Waals surface area contributed by atoms with E-state index in [1.165, 1.54) is 5.56 Å². The molecule has 0 aromatic heterocycles. The maximum atomic E-state index is 12.5. The Morgan fingerprint density at radius 3 is 2.14 bits per heavy atom. The molecule has 0 radical (unpaired) electrons. The third-order valence-corrected chi connectivity index (χ3v) is 3.62. The van der Waals surface area contributed by atoms with Crippen LogP contribution >= 0.6 is 11.6 Å². The Bertz CT molecular complexity index is 645. The second-order valence-electron chi connectivity index (χ2n) is 4.95. The first-order valence-electron chi connectivity index (χ1n) is 7.06. The molecule has 0 aliphatic rings. The number of aryl methyl sites for hydroxylation is 1. The molecule has 0 heterocycles. The van der Waals surface area contributed by atoms with Crippen molar-refractivity contribution in [3.8, 4) is 0 Å². The van der Waals surface area contributed by atoms with Gasteiger partial charge in [0.15, 0.2) is 5.78 Å². The van der Waals surface area contributed by atoms with Gasteiger partial charge in [-0.25, -0.2) is 0 Å². The van der Waals surface area contributed by atoms with Crippen molar-refractivity contribution in [2.45, 2.75) is 26.2 Å². The van der Waals surface area contributed by atoms with E-state index in [1.807, 2.05) is 24.3 Å². The van der Waals surface area contributed by atoms with Crippen molar-refractivity contribution in [2.75, 3.05) is 0 Å². The van der Waals surface area contributed by atoms with E-state index >= 15 is 0 Å². The molecular formula is C18H17ClO2. The Morgan fingerprint density at radius 2 is 1.57 bits per heavy atom. The van der Waals surface area contributed by atoms with Gasteiger partial charge in [-0.1, -0.05) is 55.8 Å². The highest BCUT2D eigenvalue weighted by Crippen LogP contribution is 2.17. The zero-order valence-electron chi connectivity index (χ0n) is 11.9. The molecule has 0 amide bonds. The number of ketones is 1. The molecule has 0 N–H and O–H groups in total. The normalized spacial score (nSPS) is 10.4. The minimum absolute atomic E-state index is 0.179. The molecule has 0 aliphatic carbocycles. The van der Waals surface area contributed by atoms with Crippen LogP contribution in [-0.4, -0.2) is 11.0 Å². The second-order valence-corrected chi connectivity index (χ2v) is 5.29. The molecule has 0 atom stereocenters. The third kappa shape index (κ3) is 3.79. The molecule has 0 saturated heterocycles. The molecular weight excluding hydrogens is 284 g/mol. The largest absolute Gasteiger partial charge is 0.289 e. The average molecular weight is 301 g/mol. The molecule has 108 valence electrons. The number of carbonyl (C=O) groups excluding carboxylic acids is 2. The first kappa shape index (κ1) is 15.5. The van der Waals surface area contributed by atoms with Gasteiger partial charge in [-0.15, -0.1) is 0 Å². The van der Waals surface area contributed by atoms with Crippen LogP contribution in [0.4, 0.5) is 0 Å². The molecule has 2 aromatic rings. The summed E-state index contributed by atoms with van der Waals surface area (Å²) in [5.74, 6) is -0.179. The summed E-state index contributed by atoms with van der Waals surface area (Å²) < 4.78 is 0. The van der Waals surface area contributed by atoms with Gasteiger partial charge >= 0.3 is 0 Å². The Morgan fingerprint density at radius 1 is 0.952 bits per heavy atom. The average Bonchev–Trinajstić information content (AvgIpc) is 2.52. The van der Waals surface area contributed by atoms with Gasteiger partial charge in [0.25, 0.3) is 5.24 Å². The van der Waals surface area contributed by atoms with Crippen molar-refractivity contribution in [2.24, 2.45) is 0 Å². The standard InChI is InChI=1S/C18H17ClO2/c1-2-3-6-13-9-11-14(12-10-13)17(20)15-7-4-5-8-16(15)18(19)21/h4-5,7-12H,2-3,6H2,1H3. The summed E-state index contributed by atoms with van der Waals surface area (Å²) in [5, 5.41) is -0.612. The number of unbranched alkanes of at least 4 members (excludes halogenated alkanes) is 1. The lowest BCUT2D eigenvalue weighted by molar-refractivity contribution is 0.102. The van der Waals surface area contributed by atoms with Crippen LogP contribution in [0.3, 0.4) is 0 Å². The van der Waals surface area contributed by atoms with Gasteiger partial charge in [-0.05, 0) is 36.1 Å². The highest BCUT2D eigenvalue weighted by molar-refractivity contribution is 6.68. The van der Waals surface area contributed by atoms with Crippen molar-refractivity contribution in [3.63, 3.8) is 0 Å². The number of hydrogen-bond acceptors (Lipinski definition) is 2. The highest BCUT2D eigenvalue weighted by Gasteiger charge is 2.16. The number of rotatable bonds is 6. The highest BCUT2D eigenvalue weighted by atomic mass is 35.5. The van der Waals surface area contributed by atoms with E-state index in [0.717, 1.165) is 19.3 Å². The fraction of sp³-hybridized carbons (Fsp3) is 0.222. The van der Waals surface area contributed by atoms with Crippen LogP contribution < -0.4 is 0 Å². The molecule has 21 heavy (non-hydrogen) atoms. The zero-order chi connectivity index (χ0) is 15.2. The van der Waals surface area contributed by atoms with Crippen molar-refractivity contribution < 1.29 is 9.59 Å². The van der Waals surface area contributed by atoms with E-state index in [4.69, 9.17) is 11.6 Å². The maximum Gasteiger partial charge on any atom is 0.253 e. The first-order valence-corrected chi connectivity index (χ1v) is 7.43. The number of carbonyl (C=O) groups is 2. The third-order valence-electron chi connectivity index (χ3n) is 3.42. The van der Waals surface area contributed by atoms with Crippen LogP contribution in [-0.2, 0) is 6.42 Å². The van der Waals surface area contributed by atoms with Crippen LogP contribution in [0.25, 0.3) is 0 Å². The smallest absolute Gasteiger partial charge is 0.253 e. The minimum Gasteiger partial charge on any atom is -0.289 e. The quantitative estimate of drug-likeness (QED) is 0.575. The van der Waals surface area contributed by atoms with Crippen molar-refractivity contribution in [3.05, 3.63) is 70.8 Å². The summed E-state index contributed by atoms with van der Waals surface area (Å²) in [6.45, 7) is 2.15. The molecule has 3 heteroatoms. The van der Waals surface area contributed by atoms with Gasteiger partial charge in [0.2, 0.25) is 0 Å². The van der Waals surface area contributed by atoms with E-state index in [2.05, 4.69) is 6.92 Å². The summed E-state index contributed by atoms with van der Waals surface area (Å²) in [6, 6.07) is 14.2. The summed E-state index contributed by atoms with van der Waals surface area (Å²) >= 11 is 5.53. The predicted molar refractivity (Wildman–Crippen MR) is 85.1 cm³/mol. The summed E-state index contributed by atoms with van der Waals surface area (Å²) in [6.07, 6.45) is 3.30. The molecule has 2 aromatic carbocycles. The van der Waals surface area contributed by atoms with Crippen LogP contribution in [0.2, 0.25) is 0 Å². The van der Waals surface area contributed by atoms with Crippen molar-refractivity contribution in [1.29, 1.82) is 0 Å². The van der Waals surface area contributed by atoms with Crippen molar-refractivity contribution in [1.82, 2.24) is 0 Å². The number of halogens is 1. The molecule has 2 nitrogen and oxygen atoms in total. The Kier molecular flexibility index (Phi) is 5.29. The van der Waals surface area contributed by atoms with E-state index in [0.29, 0.717) is 11.1 Å². The topological polar surface area (TPSA) is 34.1 Å². The molecule has 0 bridgehead atoms. The lowest BCUT2D eigenvalue weighted by Gasteiger charge is -2.06. The van der Waals surface area contributed by atoms with Crippen LogP contribution in [0, 0.1) is 0 Å². The van der Waals surface area contributed by atoms with Gasteiger partial charge in [0.1, 0.15) is 0 Å². The maximum absolute atomic E-state index is 12.5. The monoisotopic (exact) mass is 300 g/mol. The summed E-state index contributed by atoms with van der Waals surface area (Å²) in [7, 11) is 0. The van der Waals surface area contributed by atoms with Gasteiger partial charge in [0.05, 0.1) is 0 Å². The summed E-state index contributed by atoms with van der Waals surface area (Å²) in [4.78, 5) is 23.9. The lowest BCUT2D eigenvalue weighted by Crippen LogP contribution is -2.07. The van der Waals surface area contributed by atoms with Gasteiger partial charge in [0, 0.05) is 16.7 Å². The van der Waals surface area contributed by atoms with Crippen LogP contribution in [0.5, 0.6) is 0 Å². The van der Waals surface area contributed by atoms with Crippen molar-refractivity contribution >= 4 is 22.6 Å². The number of hydrogen-bond donors (Lipinski definition) is 0. The fourth-order valence-electron chi connectivity index (χ4n) is 2.21. The minimum atomic E-state index is -0.612. The molecule has 0 saturated carbocycles. The fourth-order valence-corrected chi connectivity index (χ4v) is 2.38. The van der Waals surface area contributed by atoms with E-state index in [9.17, 15) is 9.59 Å². The van der Waals surface area contributed by atoms with Crippen LogP contribution in [0.1, 0.15) is 51.6 Å². The van der Waals surface area contributed by atoms with E-state index in [-0.39, 0.29) is 11.3 Å². The molecule has 0 unspecified atom stereocenters. The number of benzene rings is 2. The predicted octanol–water partition coefficient (Wildman–Crippen LogP) is 4.64. The Labute approximate surface area is 129 Å². The Balaban J connectivity index is 2.26. The van der Waals surface area contributed by atoms with Crippen LogP contribution in [0.15, 0.2) is 48.5 Å². The summed E-state index contributed by atoms with van der Waals surface area (Å²) in [5.41, 5.74) is 2.38. The Hall–Kier alpha value is -1.93. The second kappa shape index (κ2) is 7.19. The van der Waals surface area contributed by atoms with E-state index < -0.39 is 5.24 Å². The van der Waals surface area contributed by atoms with Gasteiger partial charge in [-0.2, -0.15) is 0 Å². The zero-order valence-corrected chi connectivity index (χ0v) is 12.7. The lowest BCUT2D eigenvalue weighted by atomic mass is 9.97. The molecule has 0 spiro atoms. The molecule has 0 aliphatic heterocycles. The van der Waals surface area contributed by atoms with Gasteiger partial charge in [-0.3, -0.25) is 9.59 Å². The molecule has 2 rings (SSSR count). The molecule has 0 fully saturated rings. The van der Waals surface area contributed by atoms with E-state index in [1.54, 1.807) is 24.3 Å². The first-order chi connectivity index (χ1) is 10.1. The van der Waals surface area contributed by atoms with Gasteiger partial charge < -0.3 is 0 Å². The SMILES string of the molecule is CCCCc1ccc(C(=O)c2ccccc2C(=O)Cl)cc1.